The summed E-state index contributed by atoms with van der Waals surface area (Å²) in [7, 11) is 0. The van der Waals surface area contributed by atoms with Crippen LogP contribution in [0, 0.1) is 0 Å². The molecule has 10 nitrogen and oxygen atoms in total. The monoisotopic (exact) mass is 266 g/mol. The van der Waals surface area contributed by atoms with Gasteiger partial charge in [0, 0.05) is 13.2 Å². The topological polar surface area (TPSA) is 146 Å². The highest BCUT2D eigenvalue weighted by Crippen LogP contribution is 1.98. The zero-order valence-corrected chi connectivity index (χ0v) is 8.99. The maximum atomic E-state index is 10.1. The lowest BCUT2D eigenvalue weighted by Gasteiger charge is -1.97. The molecule has 0 spiro atoms. The minimum atomic E-state index is -2.01. The maximum absolute atomic E-state index is 10.1. The first-order valence-corrected chi connectivity index (χ1v) is 4.57. The number of ether oxygens (including phenoxy) is 4. The van der Waals surface area contributed by atoms with E-state index in [-0.39, 0.29) is 0 Å². The Kier molecular flexibility index (Phi) is 7.61. The molecule has 0 aromatic rings. The van der Waals surface area contributed by atoms with Crippen molar-refractivity contribution < 1.29 is 48.3 Å². The average Bonchev–Trinajstić information content (AvgIpc) is 2.70. The van der Waals surface area contributed by atoms with E-state index in [1.165, 1.54) is 12.8 Å². The van der Waals surface area contributed by atoms with E-state index in [0.717, 1.165) is 13.2 Å². The van der Waals surface area contributed by atoms with Crippen LogP contribution in [0.5, 0.6) is 0 Å². The van der Waals surface area contributed by atoms with Crippen molar-refractivity contribution in [1.82, 2.24) is 0 Å². The molecule has 18 heavy (non-hydrogen) atoms. The second kappa shape index (κ2) is 8.75. The van der Waals surface area contributed by atoms with Gasteiger partial charge >= 0.3 is 24.6 Å². The van der Waals surface area contributed by atoms with Gasteiger partial charge in [0.05, 0.1) is 0 Å². The maximum Gasteiger partial charge on any atom is 0.528 e. The van der Waals surface area contributed by atoms with Gasteiger partial charge in [0.2, 0.25) is 0 Å². The Hall–Kier alpha value is -2.36. The summed E-state index contributed by atoms with van der Waals surface area (Å²) < 4.78 is 14.9. The van der Waals surface area contributed by atoms with E-state index in [0.29, 0.717) is 0 Å². The summed E-state index contributed by atoms with van der Waals surface area (Å²) in [5.74, 6) is 0. The third-order valence-corrected chi connectivity index (χ3v) is 1.34. The van der Waals surface area contributed by atoms with Gasteiger partial charge in [-0.3, -0.25) is 0 Å². The number of carboxylic acid groups (broad SMARTS) is 2. The van der Waals surface area contributed by atoms with Gasteiger partial charge in [-0.25, -0.2) is 19.2 Å². The Bertz CT molecular complexity index is 284. The van der Waals surface area contributed by atoms with Crippen molar-refractivity contribution in [3.63, 3.8) is 0 Å². The zero-order valence-electron chi connectivity index (χ0n) is 8.99. The Labute approximate surface area is 100.0 Å². The van der Waals surface area contributed by atoms with Crippen LogP contribution >= 0.6 is 0 Å². The first-order chi connectivity index (χ1) is 8.41. The molecule has 102 valence electrons. The van der Waals surface area contributed by atoms with Crippen molar-refractivity contribution in [1.29, 1.82) is 0 Å². The van der Waals surface area contributed by atoms with Crippen molar-refractivity contribution in [3.05, 3.63) is 0 Å². The molecule has 10 heteroatoms. The second-order valence-corrected chi connectivity index (χ2v) is 2.66. The Balaban J connectivity index is 0.000000473. The normalized spacial score (nSPS) is 12.7. The summed E-state index contributed by atoms with van der Waals surface area (Å²) >= 11 is 0. The summed E-state index contributed by atoms with van der Waals surface area (Å²) in [6.45, 7) is 2.00. The smallest absolute Gasteiger partial charge is 0.449 e. The van der Waals surface area contributed by atoms with E-state index in [4.69, 9.17) is 14.9 Å². The molecule has 0 atom stereocenters. The van der Waals surface area contributed by atoms with E-state index in [1.54, 1.807) is 0 Å². The number of hydrogen-bond donors (Lipinski definition) is 2. The summed E-state index contributed by atoms with van der Waals surface area (Å²) in [5.41, 5.74) is 0. The number of carbonyl (C=O) groups is 4. The minimum Gasteiger partial charge on any atom is -0.449 e. The van der Waals surface area contributed by atoms with E-state index in [1.807, 2.05) is 0 Å². The molecule has 1 rings (SSSR count). The van der Waals surface area contributed by atoms with Crippen LogP contribution in [0.4, 0.5) is 19.2 Å². The van der Waals surface area contributed by atoms with E-state index >= 15 is 0 Å². The molecule has 0 aromatic carbocycles. The van der Waals surface area contributed by atoms with E-state index < -0.39 is 24.6 Å². The fourth-order valence-electron chi connectivity index (χ4n) is 0.763. The molecule has 1 aliphatic heterocycles. The summed E-state index contributed by atoms with van der Waals surface area (Å²) in [5, 5.41) is 15.6. The first kappa shape index (κ1) is 15.6. The number of carbonyl (C=O) groups excluding carboxylic acids is 2. The van der Waals surface area contributed by atoms with Crippen LogP contribution in [0.1, 0.15) is 12.8 Å². The lowest BCUT2D eigenvalue weighted by molar-refractivity contribution is 0.0415. The molecule has 1 aliphatic rings. The van der Waals surface area contributed by atoms with Crippen molar-refractivity contribution in [2.75, 3.05) is 13.2 Å². The summed E-state index contributed by atoms with van der Waals surface area (Å²) in [4.78, 5) is 39.5. The molecule has 1 fully saturated rings. The van der Waals surface area contributed by atoms with Gasteiger partial charge in [-0.05, 0) is 12.8 Å². The summed E-state index contributed by atoms with van der Waals surface area (Å²) in [6, 6.07) is 0. The largest absolute Gasteiger partial charge is 0.528 e. The van der Waals surface area contributed by atoms with Crippen molar-refractivity contribution in [2.24, 2.45) is 0 Å². The highest BCUT2D eigenvalue weighted by Gasteiger charge is 2.18. The van der Waals surface area contributed by atoms with Gasteiger partial charge in [-0.1, -0.05) is 0 Å². The lowest BCUT2D eigenvalue weighted by Crippen LogP contribution is -2.19. The van der Waals surface area contributed by atoms with Crippen molar-refractivity contribution in [2.45, 2.75) is 12.8 Å². The highest BCUT2D eigenvalue weighted by molar-refractivity contribution is 5.86. The fourth-order valence-corrected chi connectivity index (χ4v) is 0.763. The molecule has 1 heterocycles. The molecule has 0 aromatic heterocycles. The van der Waals surface area contributed by atoms with E-state index in [2.05, 4.69) is 14.2 Å². The Morgan fingerprint density at radius 3 is 1.39 bits per heavy atom. The Morgan fingerprint density at radius 1 is 0.778 bits per heavy atom. The SMILES string of the molecule is C1CCOC1.O=C(O)OC(=O)OC(=O)OC(=O)O. The molecule has 2 N–H and O–H groups in total. The molecule has 0 saturated carbocycles. The van der Waals surface area contributed by atoms with Crippen LogP contribution in [-0.4, -0.2) is 48.0 Å². The second-order valence-electron chi connectivity index (χ2n) is 2.66. The van der Waals surface area contributed by atoms with Crippen molar-refractivity contribution in [3.8, 4) is 0 Å². The predicted molar refractivity (Wildman–Crippen MR) is 50.1 cm³/mol. The molecule has 1 saturated heterocycles. The Morgan fingerprint density at radius 2 is 1.17 bits per heavy atom. The quantitative estimate of drug-likeness (QED) is 0.487. The fraction of sp³-hybridized carbons (Fsp3) is 0.500. The highest BCUT2D eigenvalue weighted by atomic mass is 16.9. The zero-order chi connectivity index (χ0) is 14.0. The average molecular weight is 266 g/mol. The molecular formula is C8H10O10. The van der Waals surface area contributed by atoms with Gasteiger partial charge in [-0.15, -0.1) is 0 Å². The van der Waals surface area contributed by atoms with Gasteiger partial charge in [0.15, 0.2) is 0 Å². The lowest BCUT2D eigenvalue weighted by atomic mass is 10.4. The third-order valence-electron chi connectivity index (χ3n) is 1.34. The molecule has 0 amide bonds. The molecule has 0 bridgehead atoms. The van der Waals surface area contributed by atoms with Gasteiger partial charge in [0.1, 0.15) is 0 Å². The van der Waals surface area contributed by atoms with Crippen LogP contribution in [0.25, 0.3) is 0 Å². The van der Waals surface area contributed by atoms with E-state index in [9.17, 15) is 19.2 Å². The third kappa shape index (κ3) is 10.2. The molecule has 0 aliphatic carbocycles. The van der Waals surface area contributed by atoms with Crippen LogP contribution < -0.4 is 0 Å². The van der Waals surface area contributed by atoms with Crippen LogP contribution in [0.15, 0.2) is 0 Å². The van der Waals surface area contributed by atoms with Crippen LogP contribution in [0.3, 0.4) is 0 Å². The molecule has 0 radical (unpaired) electrons. The predicted octanol–water partition coefficient (Wildman–Crippen LogP) is 1.43. The van der Waals surface area contributed by atoms with Gasteiger partial charge < -0.3 is 29.2 Å². The minimum absolute atomic E-state index is 1.00. The molecule has 0 unspecified atom stereocenters. The first-order valence-electron chi connectivity index (χ1n) is 4.57. The van der Waals surface area contributed by atoms with Crippen LogP contribution in [-0.2, 0) is 18.9 Å². The van der Waals surface area contributed by atoms with Crippen molar-refractivity contribution >= 4 is 24.6 Å². The van der Waals surface area contributed by atoms with Gasteiger partial charge in [0.25, 0.3) is 0 Å². The summed E-state index contributed by atoms with van der Waals surface area (Å²) in [6.07, 6.45) is -5.27. The standard InChI is InChI=1S/C4H2O9.C4H8O/c5-1(6)11-3(9)13-4(10)12-2(7)8;1-2-4-5-3-1/h(H,5,6)(H,7,8);1-4H2. The molecular weight excluding hydrogens is 256 g/mol. The number of hydrogen-bond acceptors (Lipinski definition) is 8. The van der Waals surface area contributed by atoms with Crippen LogP contribution in [0.2, 0.25) is 0 Å². The van der Waals surface area contributed by atoms with Gasteiger partial charge in [-0.2, -0.15) is 0 Å². The number of rotatable bonds is 0.